The van der Waals surface area contributed by atoms with Gasteiger partial charge in [0.15, 0.2) is 0 Å². The van der Waals surface area contributed by atoms with Crippen molar-refractivity contribution in [3.05, 3.63) is 35.0 Å². The molecule has 0 aliphatic carbocycles. The summed E-state index contributed by atoms with van der Waals surface area (Å²) in [5, 5.41) is 7.24. The van der Waals surface area contributed by atoms with E-state index in [-0.39, 0.29) is 17.3 Å². The number of thioether (sulfide) groups is 1. The van der Waals surface area contributed by atoms with Gasteiger partial charge in [0.25, 0.3) is 0 Å². The van der Waals surface area contributed by atoms with Crippen molar-refractivity contribution in [2.24, 2.45) is 7.05 Å². The van der Waals surface area contributed by atoms with Crippen molar-refractivity contribution < 1.29 is 14.3 Å². The molecule has 4 rings (SSSR count). The molecule has 0 bridgehead atoms. The topological polar surface area (TPSA) is 65.4 Å². The first kappa shape index (κ1) is 16.3. The third-order valence-corrected chi connectivity index (χ3v) is 5.77. The number of rotatable bonds is 3. The van der Waals surface area contributed by atoms with E-state index in [0.29, 0.717) is 12.4 Å². The van der Waals surface area contributed by atoms with E-state index in [2.05, 4.69) is 29.5 Å². The van der Waals surface area contributed by atoms with Gasteiger partial charge in [-0.15, -0.1) is 11.8 Å². The molecule has 2 aliphatic heterocycles. The zero-order valence-electron chi connectivity index (χ0n) is 14.5. The zero-order valence-corrected chi connectivity index (χ0v) is 15.4. The molecule has 2 aliphatic rings. The molecule has 1 aromatic carbocycles. The first-order valence-corrected chi connectivity index (χ1v) is 9.51. The van der Waals surface area contributed by atoms with E-state index in [1.54, 1.807) is 16.4 Å². The summed E-state index contributed by atoms with van der Waals surface area (Å²) in [6.45, 7) is 4.65. The molecule has 1 N–H and O–H groups in total. The van der Waals surface area contributed by atoms with E-state index >= 15 is 0 Å². The van der Waals surface area contributed by atoms with Crippen molar-refractivity contribution in [2.75, 3.05) is 17.7 Å². The molecule has 0 fully saturated rings. The second-order valence-electron chi connectivity index (χ2n) is 6.37. The molecule has 132 valence electrons. The van der Waals surface area contributed by atoms with Crippen LogP contribution < -0.4 is 14.8 Å². The summed E-state index contributed by atoms with van der Waals surface area (Å²) in [6, 6.07) is 4.17. The van der Waals surface area contributed by atoms with Crippen LogP contribution in [0.3, 0.4) is 0 Å². The Morgan fingerprint density at radius 3 is 3.08 bits per heavy atom. The Balaban J connectivity index is 1.83. The lowest BCUT2D eigenvalue weighted by Gasteiger charge is -2.19. The summed E-state index contributed by atoms with van der Waals surface area (Å²) in [5.74, 6) is 2.90. The fraction of sp³-hybridized carbons (Fsp3) is 0.444. The Kier molecular flexibility index (Phi) is 4.11. The third kappa shape index (κ3) is 2.86. The minimum atomic E-state index is -0.0333. The number of aromatic nitrogens is 2. The molecular formula is C18H21N3O3S. The monoisotopic (exact) mass is 359 g/mol. The molecule has 0 spiro atoms. The fourth-order valence-corrected chi connectivity index (χ4v) is 4.52. The average Bonchev–Trinajstić information content (AvgIpc) is 3.05. The summed E-state index contributed by atoms with van der Waals surface area (Å²) in [7, 11) is 1.84. The molecule has 0 saturated carbocycles. The highest BCUT2D eigenvalue weighted by Crippen LogP contribution is 2.47. The molecule has 0 saturated heterocycles. The lowest BCUT2D eigenvalue weighted by molar-refractivity contribution is -0.113. The van der Waals surface area contributed by atoms with Crippen LogP contribution in [0.5, 0.6) is 11.5 Å². The van der Waals surface area contributed by atoms with Crippen LogP contribution >= 0.6 is 11.8 Å². The van der Waals surface area contributed by atoms with Gasteiger partial charge in [0.2, 0.25) is 5.91 Å². The van der Waals surface area contributed by atoms with Crippen LogP contribution in [0.4, 0.5) is 5.82 Å². The van der Waals surface area contributed by atoms with Gasteiger partial charge in [0.1, 0.15) is 23.4 Å². The molecule has 2 atom stereocenters. The number of amides is 1. The van der Waals surface area contributed by atoms with E-state index in [4.69, 9.17) is 9.47 Å². The van der Waals surface area contributed by atoms with Gasteiger partial charge in [0, 0.05) is 30.2 Å². The number of carbonyl (C=O) groups is 1. The van der Waals surface area contributed by atoms with Gasteiger partial charge in [-0.1, -0.05) is 0 Å². The van der Waals surface area contributed by atoms with Crippen molar-refractivity contribution in [2.45, 2.75) is 31.6 Å². The number of carbonyl (C=O) groups excluding carboxylic acids is 1. The van der Waals surface area contributed by atoms with Crippen LogP contribution in [0.1, 0.15) is 35.8 Å². The van der Waals surface area contributed by atoms with Gasteiger partial charge >= 0.3 is 0 Å². The Morgan fingerprint density at radius 2 is 2.28 bits per heavy atom. The van der Waals surface area contributed by atoms with Crippen LogP contribution in [0.15, 0.2) is 18.3 Å². The van der Waals surface area contributed by atoms with E-state index in [1.165, 1.54) is 5.56 Å². The Bertz CT molecular complexity index is 833. The van der Waals surface area contributed by atoms with E-state index < -0.39 is 0 Å². The number of fused-ring (bicyclic) bond motifs is 2. The number of hydrogen-bond donors (Lipinski definition) is 1. The van der Waals surface area contributed by atoms with Crippen LogP contribution in [-0.2, 0) is 18.3 Å². The number of aryl methyl sites for hydroxylation is 1. The van der Waals surface area contributed by atoms with E-state index in [0.717, 1.165) is 34.9 Å². The lowest BCUT2D eigenvalue weighted by atomic mass is 10.0. The molecule has 1 aromatic heterocycles. The zero-order chi connectivity index (χ0) is 17.6. The van der Waals surface area contributed by atoms with Crippen LogP contribution in [0.25, 0.3) is 0 Å². The highest BCUT2D eigenvalue weighted by atomic mass is 32.2. The number of ether oxygens (including phenoxy) is 2. The van der Waals surface area contributed by atoms with Crippen molar-refractivity contribution in [3.8, 4) is 11.5 Å². The maximum atomic E-state index is 12.1. The quantitative estimate of drug-likeness (QED) is 0.913. The third-order valence-electron chi connectivity index (χ3n) is 4.50. The Morgan fingerprint density at radius 1 is 1.44 bits per heavy atom. The first-order valence-electron chi connectivity index (χ1n) is 8.46. The fourth-order valence-electron chi connectivity index (χ4n) is 3.41. The minimum Gasteiger partial charge on any atom is -0.494 e. The van der Waals surface area contributed by atoms with Crippen molar-refractivity contribution >= 4 is 23.5 Å². The number of benzene rings is 1. The van der Waals surface area contributed by atoms with Crippen LogP contribution in [0.2, 0.25) is 0 Å². The predicted molar refractivity (Wildman–Crippen MR) is 97.5 cm³/mol. The second kappa shape index (κ2) is 6.29. The first-order chi connectivity index (χ1) is 12.1. The molecule has 2 aromatic rings. The summed E-state index contributed by atoms with van der Waals surface area (Å²) in [5.41, 5.74) is 3.20. The van der Waals surface area contributed by atoms with Gasteiger partial charge in [0.05, 0.1) is 23.8 Å². The van der Waals surface area contributed by atoms with E-state index in [9.17, 15) is 4.79 Å². The summed E-state index contributed by atoms with van der Waals surface area (Å²) < 4.78 is 13.6. The van der Waals surface area contributed by atoms with Gasteiger partial charge < -0.3 is 14.8 Å². The average molecular weight is 359 g/mol. The minimum absolute atomic E-state index is 0.0126. The number of hydrogen-bond acceptors (Lipinski definition) is 5. The van der Waals surface area contributed by atoms with E-state index in [1.807, 2.05) is 20.2 Å². The number of anilines is 1. The molecule has 7 heteroatoms. The van der Waals surface area contributed by atoms with Crippen LogP contribution in [-0.4, -0.2) is 34.2 Å². The number of nitrogens with one attached hydrogen (secondary N) is 1. The SMILES string of the molecule is CCOc1cc2c(cc1[C@@H]1SCC(=O)Nc3c1cnn3C)O[C@H](C)C2. The normalized spacial score (nSPS) is 21.8. The molecule has 6 nitrogen and oxygen atoms in total. The maximum Gasteiger partial charge on any atom is 0.235 e. The highest BCUT2D eigenvalue weighted by molar-refractivity contribution is 8.00. The summed E-state index contributed by atoms with van der Waals surface area (Å²) >= 11 is 1.59. The summed E-state index contributed by atoms with van der Waals surface area (Å²) in [4.78, 5) is 12.1. The maximum absolute atomic E-state index is 12.1. The van der Waals surface area contributed by atoms with Gasteiger partial charge in [-0.25, -0.2) is 0 Å². The van der Waals surface area contributed by atoms with Crippen molar-refractivity contribution in [3.63, 3.8) is 0 Å². The second-order valence-corrected chi connectivity index (χ2v) is 7.47. The smallest absolute Gasteiger partial charge is 0.235 e. The Labute approximate surface area is 150 Å². The van der Waals surface area contributed by atoms with Gasteiger partial charge in [-0.05, 0) is 26.0 Å². The van der Waals surface area contributed by atoms with Crippen molar-refractivity contribution in [1.82, 2.24) is 9.78 Å². The highest BCUT2D eigenvalue weighted by Gasteiger charge is 2.31. The molecule has 3 heterocycles. The largest absolute Gasteiger partial charge is 0.494 e. The van der Waals surface area contributed by atoms with Crippen LogP contribution in [0, 0.1) is 0 Å². The Hall–Kier alpha value is -2.15. The lowest BCUT2D eigenvalue weighted by Crippen LogP contribution is -2.15. The molecule has 25 heavy (non-hydrogen) atoms. The molecule has 0 radical (unpaired) electrons. The van der Waals surface area contributed by atoms with Gasteiger partial charge in [-0.2, -0.15) is 5.10 Å². The van der Waals surface area contributed by atoms with Crippen molar-refractivity contribution in [1.29, 1.82) is 0 Å². The summed E-state index contributed by atoms with van der Waals surface area (Å²) in [6.07, 6.45) is 2.90. The molecule has 0 unspecified atom stereocenters. The molecule has 1 amide bonds. The number of nitrogens with zero attached hydrogens (tertiary/aromatic N) is 2. The predicted octanol–water partition coefficient (Wildman–Crippen LogP) is 2.92. The standard InChI is InChI=1S/C18H21N3O3S/c1-4-23-15-6-11-5-10(2)24-14(11)7-12(15)17-13-8-19-21(3)18(13)20-16(22)9-25-17/h6-8,10,17H,4-5,9H2,1-3H3,(H,20,22)/t10-,17+/m1/s1. The molecular weight excluding hydrogens is 338 g/mol. The van der Waals surface area contributed by atoms with Gasteiger partial charge in [-0.3, -0.25) is 9.48 Å².